The summed E-state index contributed by atoms with van der Waals surface area (Å²) in [4.78, 5) is 27.4. The van der Waals surface area contributed by atoms with E-state index in [0.29, 0.717) is 32.1 Å². The number of urea groups is 1. The lowest BCUT2D eigenvalue weighted by Gasteiger charge is -2.26. The molecule has 0 spiro atoms. The highest BCUT2D eigenvalue weighted by Gasteiger charge is 2.26. The first kappa shape index (κ1) is 19.1. The molecule has 1 aliphatic heterocycles. The van der Waals surface area contributed by atoms with Gasteiger partial charge in [-0.15, -0.1) is 0 Å². The number of hydrogen-bond donors (Lipinski definition) is 1. The first-order valence-corrected chi connectivity index (χ1v) is 8.90. The van der Waals surface area contributed by atoms with Gasteiger partial charge >= 0.3 is 6.03 Å². The second-order valence-electron chi connectivity index (χ2n) is 6.96. The molecule has 6 nitrogen and oxygen atoms in total. The quantitative estimate of drug-likeness (QED) is 0.909. The van der Waals surface area contributed by atoms with Crippen molar-refractivity contribution in [1.29, 1.82) is 0 Å². The molecule has 1 aromatic rings. The number of nitrogens with two attached hydrogens (primary N) is 1. The SMILES string of the molecule is Cc1ccc(C(C)C)c(O[C@@H](C)C(=O)N2CCCN(C(N)=O)CC2)c1. The topological polar surface area (TPSA) is 75.9 Å². The van der Waals surface area contributed by atoms with Gasteiger partial charge in [-0.3, -0.25) is 4.79 Å². The van der Waals surface area contributed by atoms with Gasteiger partial charge in [0.2, 0.25) is 0 Å². The third kappa shape index (κ3) is 4.87. The highest BCUT2D eigenvalue weighted by molar-refractivity contribution is 5.81. The van der Waals surface area contributed by atoms with Crippen molar-refractivity contribution in [1.82, 2.24) is 9.80 Å². The van der Waals surface area contributed by atoms with Crippen LogP contribution in [-0.2, 0) is 4.79 Å². The van der Waals surface area contributed by atoms with E-state index in [0.717, 1.165) is 23.3 Å². The van der Waals surface area contributed by atoms with E-state index in [1.165, 1.54) is 0 Å². The molecule has 0 aromatic heterocycles. The Morgan fingerprint density at radius 1 is 1.08 bits per heavy atom. The fourth-order valence-electron chi connectivity index (χ4n) is 3.08. The maximum Gasteiger partial charge on any atom is 0.314 e. The van der Waals surface area contributed by atoms with E-state index >= 15 is 0 Å². The summed E-state index contributed by atoms with van der Waals surface area (Å²) >= 11 is 0. The van der Waals surface area contributed by atoms with Crippen LogP contribution in [0.2, 0.25) is 0 Å². The predicted molar refractivity (Wildman–Crippen MR) is 97.7 cm³/mol. The van der Waals surface area contributed by atoms with Gasteiger partial charge in [0.1, 0.15) is 5.75 Å². The number of hydrogen-bond acceptors (Lipinski definition) is 3. The summed E-state index contributed by atoms with van der Waals surface area (Å²) in [6, 6.07) is 5.67. The van der Waals surface area contributed by atoms with Gasteiger partial charge in [0.25, 0.3) is 5.91 Å². The summed E-state index contributed by atoms with van der Waals surface area (Å²) in [5.41, 5.74) is 7.54. The number of ether oxygens (including phenoxy) is 1. The van der Waals surface area contributed by atoms with E-state index in [1.54, 1.807) is 16.7 Å². The maximum atomic E-state index is 12.8. The Hall–Kier alpha value is -2.24. The van der Waals surface area contributed by atoms with Crippen LogP contribution in [0, 0.1) is 6.92 Å². The minimum atomic E-state index is -0.570. The summed E-state index contributed by atoms with van der Waals surface area (Å²) < 4.78 is 6.02. The van der Waals surface area contributed by atoms with Gasteiger partial charge in [-0.2, -0.15) is 0 Å². The van der Waals surface area contributed by atoms with Gasteiger partial charge in [-0.25, -0.2) is 4.79 Å². The Kier molecular flexibility index (Phi) is 6.28. The minimum Gasteiger partial charge on any atom is -0.481 e. The molecule has 1 fully saturated rings. The molecule has 0 saturated carbocycles. The third-order valence-electron chi connectivity index (χ3n) is 4.56. The predicted octanol–water partition coefficient (Wildman–Crippen LogP) is 2.50. The summed E-state index contributed by atoms with van der Waals surface area (Å²) in [7, 11) is 0. The standard InChI is InChI=1S/C19H29N3O3/c1-13(2)16-7-6-14(3)12-17(16)25-15(4)18(23)21-8-5-9-22(11-10-21)19(20)24/h6-7,12-13,15H,5,8-11H2,1-4H3,(H2,20,24)/t15-/m0/s1. The van der Waals surface area contributed by atoms with Crippen molar-refractivity contribution in [2.45, 2.75) is 46.1 Å². The summed E-state index contributed by atoms with van der Waals surface area (Å²) in [5, 5.41) is 0. The summed E-state index contributed by atoms with van der Waals surface area (Å²) in [5.74, 6) is 1.03. The van der Waals surface area contributed by atoms with Gasteiger partial charge in [-0.1, -0.05) is 26.0 Å². The Balaban J connectivity index is 2.05. The molecule has 3 amide bonds. The smallest absolute Gasteiger partial charge is 0.314 e. The van der Waals surface area contributed by atoms with Crippen molar-refractivity contribution in [3.63, 3.8) is 0 Å². The number of aryl methyl sites for hydroxylation is 1. The zero-order valence-electron chi connectivity index (χ0n) is 15.6. The van der Waals surface area contributed by atoms with Crippen LogP contribution in [0.15, 0.2) is 18.2 Å². The lowest BCUT2D eigenvalue weighted by molar-refractivity contribution is -0.137. The molecule has 1 heterocycles. The molecule has 2 N–H and O–H groups in total. The zero-order valence-corrected chi connectivity index (χ0v) is 15.6. The number of benzene rings is 1. The Morgan fingerprint density at radius 3 is 2.36 bits per heavy atom. The average molecular weight is 347 g/mol. The van der Waals surface area contributed by atoms with Crippen LogP contribution in [0.25, 0.3) is 0 Å². The van der Waals surface area contributed by atoms with Crippen LogP contribution in [0.4, 0.5) is 4.79 Å². The van der Waals surface area contributed by atoms with Crippen LogP contribution in [0.5, 0.6) is 5.75 Å². The van der Waals surface area contributed by atoms with Crippen LogP contribution >= 0.6 is 0 Å². The molecule has 0 radical (unpaired) electrons. The van der Waals surface area contributed by atoms with Crippen LogP contribution in [0.1, 0.15) is 44.2 Å². The van der Waals surface area contributed by atoms with E-state index in [2.05, 4.69) is 26.0 Å². The van der Waals surface area contributed by atoms with Crippen LogP contribution in [-0.4, -0.2) is 54.0 Å². The van der Waals surface area contributed by atoms with Crippen molar-refractivity contribution in [2.75, 3.05) is 26.2 Å². The van der Waals surface area contributed by atoms with Crippen molar-refractivity contribution in [2.24, 2.45) is 5.73 Å². The van der Waals surface area contributed by atoms with E-state index in [-0.39, 0.29) is 5.91 Å². The molecule has 1 aromatic carbocycles. The zero-order chi connectivity index (χ0) is 18.6. The van der Waals surface area contributed by atoms with Gasteiger partial charge < -0.3 is 20.3 Å². The maximum absolute atomic E-state index is 12.8. The number of carbonyl (C=O) groups excluding carboxylic acids is 2. The Morgan fingerprint density at radius 2 is 1.72 bits per heavy atom. The van der Waals surface area contributed by atoms with E-state index in [9.17, 15) is 9.59 Å². The van der Waals surface area contributed by atoms with Crippen LogP contribution in [0.3, 0.4) is 0 Å². The molecule has 25 heavy (non-hydrogen) atoms. The highest BCUT2D eigenvalue weighted by atomic mass is 16.5. The molecule has 138 valence electrons. The molecule has 0 bridgehead atoms. The Labute approximate surface area is 149 Å². The largest absolute Gasteiger partial charge is 0.481 e. The molecule has 1 aliphatic rings. The normalized spacial score (nSPS) is 16.5. The van der Waals surface area contributed by atoms with Crippen LogP contribution < -0.4 is 10.5 Å². The molecule has 1 atom stereocenters. The number of amides is 3. The molecular formula is C19H29N3O3. The van der Waals surface area contributed by atoms with Gasteiger partial charge in [0.15, 0.2) is 6.10 Å². The van der Waals surface area contributed by atoms with E-state index in [1.807, 2.05) is 13.0 Å². The minimum absolute atomic E-state index is 0.0532. The van der Waals surface area contributed by atoms with Gasteiger partial charge in [0, 0.05) is 26.2 Å². The Bertz CT molecular complexity index is 630. The second kappa shape index (κ2) is 8.23. The molecule has 1 saturated heterocycles. The number of nitrogens with zero attached hydrogens (tertiary/aromatic N) is 2. The first-order valence-electron chi connectivity index (χ1n) is 8.90. The lowest BCUT2D eigenvalue weighted by Crippen LogP contribution is -2.43. The van der Waals surface area contributed by atoms with Crippen molar-refractivity contribution >= 4 is 11.9 Å². The van der Waals surface area contributed by atoms with Gasteiger partial charge in [0.05, 0.1) is 0 Å². The molecule has 6 heteroatoms. The summed E-state index contributed by atoms with van der Waals surface area (Å²) in [6.45, 7) is 10.2. The molecule has 0 unspecified atom stereocenters. The van der Waals surface area contributed by atoms with Crippen molar-refractivity contribution in [3.8, 4) is 5.75 Å². The highest BCUT2D eigenvalue weighted by Crippen LogP contribution is 2.28. The first-order chi connectivity index (χ1) is 11.8. The second-order valence-corrected chi connectivity index (χ2v) is 6.96. The monoisotopic (exact) mass is 347 g/mol. The van der Waals surface area contributed by atoms with Crippen molar-refractivity contribution < 1.29 is 14.3 Å². The fourth-order valence-corrected chi connectivity index (χ4v) is 3.08. The van der Waals surface area contributed by atoms with E-state index in [4.69, 9.17) is 10.5 Å². The number of primary amides is 1. The molecule has 0 aliphatic carbocycles. The van der Waals surface area contributed by atoms with E-state index < -0.39 is 12.1 Å². The molecule has 2 rings (SSSR count). The fraction of sp³-hybridized carbons (Fsp3) is 0.579. The lowest BCUT2D eigenvalue weighted by atomic mass is 10.0. The summed E-state index contributed by atoms with van der Waals surface area (Å²) in [6.07, 6.45) is 0.155. The van der Waals surface area contributed by atoms with Crippen molar-refractivity contribution in [3.05, 3.63) is 29.3 Å². The number of carbonyl (C=O) groups is 2. The van der Waals surface area contributed by atoms with Gasteiger partial charge in [-0.05, 0) is 43.4 Å². The number of rotatable bonds is 4. The average Bonchev–Trinajstić information content (AvgIpc) is 2.80. The third-order valence-corrected chi connectivity index (χ3v) is 4.56. The molecular weight excluding hydrogens is 318 g/mol.